The van der Waals surface area contributed by atoms with Crippen LogP contribution in [0.3, 0.4) is 0 Å². The minimum atomic E-state index is -0.348. The molecular weight excluding hydrogens is 420 g/mol. The number of ether oxygens (including phenoxy) is 1. The molecule has 3 rings (SSSR count). The lowest BCUT2D eigenvalue weighted by Crippen LogP contribution is -2.19. The third-order valence-corrected chi connectivity index (χ3v) is 4.51. The predicted octanol–water partition coefficient (Wildman–Crippen LogP) is 5.16. The Bertz CT molecular complexity index is 921. The van der Waals surface area contributed by atoms with Crippen LogP contribution >= 0.6 is 27.5 Å². The Morgan fingerprint density at radius 2 is 1.81 bits per heavy atom. The molecule has 0 fully saturated rings. The molecule has 134 valence electrons. The number of halogens is 2. The van der Waals surface area contributed by atoms with Gasteiger partial charge in [0.25, 0.3) is 0 Å². The van der Waals surface area contributed by atoms with Crippen molar-refractivity contribution in [3.05, 3.63) is 58.2 Å². The van der Waals surface area contributed by atoms with Crippen LogP contribution in [0.4, 0.5) is 16.2 Å². The second-order valence-corrected chi connectivity index (χ2v) is 6.79. The Hall–Kier alpha value is -2.51. The van der Waals surface area contributed by atoms with Gasteiger partial charge in [0.2, 0.25) is 0 Å². The molecule has 6 nitrogen and oxygen atoms in total. The Labute approximate surface area is 164 Å². The molecule has 0 radical (unpaired) electrons. The van der Waals surface area contributed by atoms with Crippen LogP contribution in [0.15, 0.2) is 53.1 Å². The molecule has 0 aliphatic carbocycles. The summed E-state index contributed by atoms with van der Waals surface area (Å²) in [7, 11) is 3.37. The number of rotatable bonds is 4. The molecule has 8 heteroatoms. The van der Waals surface area contributed by atoms with Crippen molar-refractivity contribution in [3.63, 3.8) is 0 Å². The minimum Gasteiger partial charge on any atom is -0.496 e. The summed E-state index contributed by atoms with van der Waals surface area (Å²) in [5, 5.41) is 10.2. The average molecular weight is 436 g/mol. The van der Waals surface area contributed by atoms with Gasteiger partial charge in [-0.15, -0.1) is 0 Å². The summed E-state index contributed by atoms with van der Waals surface area (Å²) in [6.07, 6.45) is 1.57. The van der Waals surface area contributed by atoms with E-state index >= 15 is 0 Å². The van der Waals surface area contributed by atoms with Crippen LogP contribution in [0.5, 0.6) is 5.75 Å². The van der Waals surface area contributed by atoms with Crippen LogP contribution in [-0.4, -0.2) is 22.9 Å². The van der Waals surface area contributed by atoms with E-state index in [1.54, 1.807) is 55.4 Å². The van der Waals surface area contributed by atoms with E-state index in [-0.39, 0.29) is 6.03 Å². The number of methoxy groups -OCH3 is 1. The first kappa shape index (κ1) is 18.3. The van der Waals surface area contributed by atoms with Gasteiger partial charge in [0, 0.05) is 28.5 Å². The lowest BCUT2D eigenvalue weighted by molar-refractivity contribution is 0.262. The first-order valence-electron chi connectivity index (χ1n) is 7.67. The lowest BCUT2D eigenvalue weighted by atomic mass is 10.1. The zero-order valence-corrected chi connectivity index (χ0v) is 16.4. The molecule has 2 aromatic carbocycles. The second kappa shape index (κ2) is 7.80. The van der Waals surface area contributed by atoms with E-state index in [2.05, 4.69) is 31.7 Å². The highest BCUT2D eigenvalue weighted by molar-refractivity contribution is 9.10. The third-order valence-electron chi connectivity index (χ3n) is 3.71. The van der Waals surface area contributed by atoms with Crippen molar-refractivity contribution < 1.29 is 9.53 Å². The average Bonchev–Trinajstić information content (AvgIpc) is 2.95. The predicted molar refractivity (Wildman–Crippen MR) is 107 cm³/mol. The Balaban J connectivity index is 1.83. The molecule has 2 N–H and O–H groups in total. The topological polar surface area (TPSA) is 68.2 Å². The van der Waals surface area contributed by atoms with Crippen molar-refractivity contribution >= 4 is 44.9 Å². The van der Waals surface area contributed by atoms with Gasteiger partial charge in [-0.25, -0.2) is 4.79 Å². The number of hydrogen-bond donors (Lipinski definition) is 2. The molecule has 0 saturated carbocycles. The fourth-order valence-corrected chi connectivity index (χ4v) is 3.04. The van der Waals surface area contributed by atoms with Crippen LogP contribution in [-0.2, 0) is 7.05 Å². The number of aryl methyl sites for hydroxylation is 1. The van der Waals surface area contributed by atoms with Gasteiger partial charge < -0.3 is 15.4 Å². The number of benzene rings is 2. The summed E-state index contributed by atoms with van der Waals surface area (Å²) < 4.78 is 8.01. The molecular formula is C18H16BrClN4O2. The van der Waals surface area contributed by atoms with Gasteiger partial charge in [-0.2, -0.15) is 5.10 Å². The number of urea groups is 1. The minimum absolute atomic E-state index is 0.348. The number of nitrogens with zero attached hydrogens (tertiary/aromatic N) is 2. The fraction of sp³-hybridized carbons (Fsp3) is 0.111. The smallest absolute Gasteiger partial charge is 0.323 e. The van der Waals surface area contributed by atoms with Crippen LogP contribution < -0.4 is 15.4 Å². The summed E-state index contributed by atoms with van der Waals surface area (Å²) in [6, 6.07) is 12.3. The van der Waals surface area contributed by atoms with Crippen molar-refractivity contribution in [3.8, 4) is 17.0 Å². The van der Waals surface area contributed by atoms with Crippen molar-refractivity contribution in [2.24, 2.45) is 7.05 Å². The quantitative estimate of drug-likeness (QED) is 0.595. The van der Waals surface area contributed by atoms with Crippen molar-refractivity contribution in [2.75, 3.05) is 17.7 Å². The third kappa shape index (κ3) is 4.00. The van der Waals surface area contributed by atoms with E-state index in [4.69, 9.17) is 16.3 Å². The first-order valence-corrected chi connectivity index (χ1v) is 8.84. The molecule has 0 saturated heterocycles. The zero-order valence-electron chi connectivity index (χ0n) is 14.1. The molecule has 26 heavy (non-hydrogen) atoms. The molecule has 0 aliphatic rings. The SMILES string of the molecule is COc1ccc(NC(=O)Nc2ccc(Br)cc2)cc1-c1c(Cl)cnn1C. The fourth-order valence-electron chi connectivity index (χ4n) is 2.51. The number of amides is 2. The number of aromatic nitrogens is 2. The summed E-state index contributed by atoms with van der Waals surface area (Å²) in [5.74, 6) is 0.634. The number of carbonyl (C=O) groups is 1. The monoisotopic (exact) mass is 434 g/mol. The molecule has 1 heterocycles. The maximum Gasteiger partial charge on any atom is 0.323 e. The Morgan fingerprint density at radius 3 is 2.42 bits per heavy atom. The molecule has 0 aliphatic heterocycles. The Kier molecular flexibility index (Phi) is 5.49. The molecule has 0 bridgehead atoms. The number of anilines is 2. The van der Waals surface area contributed by atoms with Crippen LogP contribution in [0.2, 0.25) is 5.02 Å². The van der Waals surface area contributed by atoms with E-state index in [1.165, 1.54) is 0 Å². The van der Waals surface area contributed by atoms with Gasteiger partial charge >= 0.3 is 6.03 Å². The van der Waals surface area contributed by atoms with Crippen molar-refractivity contribution in [1.82, 2.24) is 9.78 Å². The number of nitrogens with one attached hydrogen (secondary N) is 2. The molecule has 2 amide bonds. The molecule has 0 atom stereocenters. The van der Waals surface area contributed by atoms with E-state index < -0.39 is 0 Å². The summed E-state index contributed by atoms with van der Waals surface area (Å²) in [4.78, 5) is 12.2. The largest absolute Gasteiger partial charge is 0.496 e. The molecule has 0 spiro atoms. The summed E-state index contributed by atoms with van der Waals surface area (Å²) in [5.41, 5.74) is 2.74. The van der Waals surface area contributed by atoms with Gasteiger partial charge in [-0.05, 0) is 42.5 Å². The highest BCUT2D eigenvalue weighted by Gasteiger charge is 2.15. The standard InChI is InChI=1S/C18H16BrClN4O2/c1-24-17(15(20)10-21-24)14-9-13(7-8-16(14)26-2)23-18(25)22-12-5-3-11(19)4-6-12/h3-10H,1-2H3,(H2,22,23,25). The van der Waals surface area contributed by atoms with Gasteiger partial charge in [-0.3, -0.25) is 4.68 Å². The van der Waals surface area contributed by atoms with Gasteiger partial charge in [-0.1, -0.05) is 27.5 Å². The van der Waals surface area contributed by atoms with Crippen molar-refractivity contribution in [1.29, 1.82) is 0 Å². The summed E-state index contributed by atoms with van der Waals surface area (Å²) in [6.45, 7) is 0. The normalized spacial score (nSPS) is 10.5. The molecule has 0 unspecified atom stereocenters. The molecule has 3 aromatic rings. The second-order valence-electron chi connectivity index (χ2n) is 5.47. The van der Waals surface area contributed by atoms with Gasteiger partial charge in [0.15, 0.2) is 0 Å². The highest BCUT2D eigenvalue weighted by atomic mass is 79.9. The zero-order chi connectivity index (χ0) is 18.7. The Morgan fingerprint density at radius 1 is 1.15 bits per heavy atom. The van der Waals surface area contributed by atoms with E-state index in [9.17, 15) is 4.79 Å². The van der Waals surface area contributed by atoms with Crippen LogP contribution in [0.1, 0.15) is 0 Å². The summed E-state index contributed by atoms with van der Waals surface area (Å²) >= 11 is 9.60. The van der Waals surface area contributed by atoms with Crippen molar-refractivity contribution in [2.45, 2.75) is 0 Å². The maximum atomic E-state index is 12.2. The number of hydrogen-bond acceptors (Lipinski definition) is 3. The van der Waals surface area contributed by atoms with Gasteiger partial charge in [0.1, 0.15) is 5.75 Å². The van der Waals surface area contributed by atoms with E-state index in [1.807, 2.05) is 12.1 Å². The lowest BCUT2D eigenvalue weighted by Gasteiger charge is -2.13. The highest BCUT2D eigenvalue weighted by Crippen LogP contribution is 2.36. The maximum absolute atomic E-state index is 12.2. The van der Waals surface area contributed by atoms with Gasteiger partial charge in [0.05, 0.1) is 24.0 Å². The first-order chi connectivity index (χ1) is 12.5. The number of carbonyl (C=O) groups excluding carboxylic acids is 1. The van der Waals surface area contributed by atoms with Crippen LogP contribution in [0, 0.1) is 0 Å². The molecule has 1 aromatic heterocycles. The van der Waals surface area contributed by atoms with E-state index in [0.717, 1.165) is 10.0 Å². The van der Waals surface area contributed by atoms with Crippen LogP contribution in [0.25, 0.3) is 11.3 Å². The van der Waals surface area contributed by atoms with E-state index in [0.29, 0.717) is 27.8 Å².